The predicted octanol–water partition coefficient (Wildman–Crippen LogP) is 2.59. The Morgan fingerprint density at radius 2 is 2.00 bits per heavy atom. The Morgan fingerprint density at radius 1 is 1.10 bits per heavy atom. The second-order valence-electron chi connectivity index (χ2n) is 5.08. The van der Waals surface area contributed by atoms with Crippen LogP contribution in [-0.4, -0.2) is 12.1 Å². The van der Waals surface area contributed by atoms with E-state index in [9.17, 15) is 0 Å². The standard InChI is InChI=1S/C17H15N2O/c1-20-14-7-8-15-12(10-14)5-6-13-11-18-16-4-2-3-9-19(16)17(13)15/h2-4,7-11H,5-6H2,1H3/q+1. The molecular formula is C17H15N2O+. The number of pyridine rings is 1. The van der Waals surface area contributed by atoms with Gasteiger partial charge in [0, 0.05) is 17.2 Å². The van der Waals surface area contributed by atoms with Gasteiger partial charge in [-0.15, -0.1) is 0 Å². The molecule has 0 saturated heterocycles. The monoisotopic (exact) mass is 263 g/mol. The van der Waals surface area contributed by atoms with Crippen LogP contribution in [0.2, 0.25) is 0 Å². The molecule has 0 spiro atoms. The fourth-order valence-electron chi connectivity index (χ4n) is 2.98. The first-order valence-electron chi connectivity index (χ1n) is 6.82. The van der Waals surface area contributed by atoms with E-state index in [2.05, 4.69) is 27.7 Å². The van der Waals surface area contributed by atoms with Crippen LogP contribution in [0.5, 0.6) is 5.75 Å². The SMILES string of the molecule is COc1ccc2c(c1)CCc1cnc3cccc[n+]3c1-2. The third-order valence-electron chi connectivity index (χ3n) is 3.97. The van der Waals surface area contributed by atoms with Gasteiger partial charge in [-0.1, -0.05) is 6.07 Å². The Hall–Kier alpha value is -2.42. The van der Waals surface area contributed by atoms with E-state index in [0.717, 1.165) is 24.2 Å². The number of benzene rings is 1. The number of rotatable bonds is 1. The van der Waals surface area contributed by atoms with Gasteiger partial charge in [0.15, 0.2) is 0 Å². The topological polar surface area (TPSA) is 26.2 Å². The van der Waals surface area contributed by atoms with Crippen LogP contribution in [0.15, 0.2) is 48.8 Å². The molecule has 0 aliphatic heterocycles. The number of aryl methyl sites for hydroxylation is 2. The predicted molar refractivity (Wildman–Crippen MR) is 76.8 cm³/mol. The maximum Gasteiger partial charge on any atom is 0.328 e. The lowest BCUT2D eigenvalue weighted by molar-refractivity contribution is -0.503. The molecule has 0 N–H and O–H groups in total. The molecule has 3 aromatic rings. The molecular weight excluding hydrogens is 248 g/mol. The van der Waals surface area contributed by atoms with Gasteiger partial charge in [-0.3, -0.25) is 0 Å². The lowest BCUT2D eigenvalue weighted by Crippen LogP contribution is -2.29. The highest BCUT2D eigenvalue weighted by atomic mass is 16.5. The van der Waals surface area contributed by atoms with Crippen LogP contribution in [-0.2, 0) is 12.8 Å². The Morgan fingerprint density at radius 3 is 2.90 bits per heavy atom. The van der Waals surface area contributed by atoms with Crippen molar-refractivity contribution in [2.75, 3.05) is 7.11 Å². The Bertz CT molecular complexity index is 811. The molecule has 98 valence electrons. The van der Waals surface area contributed by atoms with Crippen molar-refractivity contribution in [2.24, 2.45) is 0 Å². The van der Waals surface area contributed by atoms with E-state index in [0.29, 0.717) is 0 Å². The van der Waals surface area contributed by atoms with Gasteiger partial charge in [0.2, 0.25) is 0 Å². The quantitative estimate of drug-likeness (QED) is 0.631. The largest absolute Gasteiger partial charge is 0.497 e. The van der Waals surface area contributed by atoms with Crippen LogP contribution in [0.25, 0.3) is 16.9 Å². The van der Waals surface area contributed by atoms with Crippen molar-refractivity contribution in [1.82, 2.24) is 4.98 Å². The van der Waals surface area contributed by atoms with Crippen LogP contribution >= 0.6 is 0 Å². The van der Waals surface area contributed by atoms with E-state index in [-0.39, 0.29) is 0 Å². The minimum absolute atomic E-state index is 0.926. The first-order chi connectivity index (χ1) is 9.86. The highest BCUT2D eigenvalue weighted by molar-refractivity contribution is 5.68. The number of fused-ring (bicyclic) bond motifs is 5. The molecule has 2 aromatic heterocycles. The van der Waals surface area contributed by atoms with E-state index in [1.54, 1.807) is 7.11 Å². The molecule has 3 nitrogen and oxygen atoms in total. The summed E-state index contributed by atoms with van der Waals surface area (Å²) in [6, 6.07) is 12.4. The summed E-state index contributed by atoms with van der Waals surface area (Å²) in [5.41, 5.74) is 6.19. The number of aromatic nitrogens is 2. The molecule has 2 heterocycles. The van der Waals surface area contributed by atoms with E-state index >= 15 is 0 Å². The van der Waals surface area contributed by atoms with Crippen molar-refractivity contribution in [2.45, 2.75) is 12.8 Å². The van der Waals surface area contributed by atoms with Crippen molar-refractivity contribution in [3.05, 3.63) is 59.9 Å². The minimum atomic E-state index is 0.926. The number of methoxy groups -OCH3 is 1. The molecule has 0 radical (unpaired) electrons. The Labute approximate surface area is 117 Å². The van der Waals surface area contributed by atoms with E-state index in [1.807, 2.05) is 30.5 Å². The fourth-order valence-corrected chi connectivity index (χ4v) is 2.98. The third kappa shape index (κ3) is 1.59. The molecule has 0 unspecified atom stereocenters. The Kier molecular flexibility index (Phi) is 2.46. The molecule has 0 saturated carbocycles. The highest BCUT2D eigenvalue weighted by Crippen LogP contribution is 2.33. The molecule has 1 aliphatic rings. The van der Waals surface area contributed by atoms with Crippen molar-refractivity contribution in [1.29, 1.82) is 0 Å². The first kappa shape index (κ1) is 11.4. The summed E-state index contributed by atoms with van der Waals surface area (Å²) in [6.07, 6.45) is 6.17. The third-order valence-corrected chi connectivity index (χ3v) is 3.97. The van der Waals surface area contributed by atoms with E-state index < -0.39 is 0 Å². The summed E-state index contributed by atoms with van der Waals surface area (Å²) in [5.74, 6) is 0.926. The zero-order chi connectivity index (χ0) is 13.5. The zero-order valence-corrected chi connectivity index (χ0v) is 11.3. The molecule has 0 amide bonds. The maximum absolute atomic E-state index is 5.34. The summed E-state index contributed by atoms with van der Waals surface area (Å²) < 4.78 is 7.52. The molecule has 1 aliphatic carbocycles. The maximum atomic E-state index is 5.34. The molecule has 3 heteroatoms. The van der Waals surface area contributed by atoms with Crippen molar-refractivity contribution >= 4 is 5.65 Å². The smallest absolute Gasteiger partial charge is 0.328 e. The second-order valence-corrected chi connectivity index (χ2v) is 5.08. The van der Waals surface area contributed by atoms with Crippen molar-refractivity contribution in [3.8, 4) is 17.0 Å². The summed E-state index contributed by atoms with van der Waals surface area (Å²) >= 11 is 0. The van der Waals surface area contributed by atoms with Crippen LogP contribution in [0, 0.1) is 0 Å². The molecule has 20 heavy (non-hydrogen) atoms. The molecule has 0 fully saturated rings. The van der Waals surface area contributed by atoms with Crippen LogP contribution in [0.4, 0.5) is 0 Å². The fraction of sp³-hybridized carbons (Fsp3) is 0.176. The highest BCUT2D eigenvalue weighted by Gasteiger charge is 2.24. The van der Waals surface area contributed by atoms with Gasteiger partial charge in [-0.05, 0) is 47.7 Å². The molecule has 4 rings (SSSR count). The van der Waals surface area contributed by atoms with Crippen molar-refractivity contribution < 1.29 is 9.14 Å². The van der Waals surface area contributed by atoms with Crippen LogP contribution in [0.3, 0.4) is 0 Å². The first-order valence-corrected chi connectivity index (χ1v) is 6.82. The molecule has 0 bridgehead atoms. The summed E-state index contributed by atoms with van der Waals surface area (Å²) in [6.45, 7) is 0. The summed E-state index contributed by atoms with van der Waals surface area (Å²) in [4.78, 5) is 4.54. The average Bonchev–Trinajstić information content (AvgIpc) is 2.53. The average molecular weight is 263 g/mol. The normalized spacial score (nSPS) is 12.8. The lowest BCUT2D eigenvalue weighted by Gasteiger charge is -2.18. The summed E-state index contributed by atoms with van der Waals surface area (Å²) in [5, 5.41) is 0. The second kappa shape index (κ2) is 4.30. The van der Waals surface area contributed by atoms with E-state index in [4.69, 9.17) is 4.74 Å². The summed E-state index contributed by atoms with van der Waals surface area (Å²) in [7, 11) is 1.71. The molecule has 1 aromatic carbocycles. The van der Waals surface area contributed by atoms with Gasteiger partial charge in [0.05, 0.1) is 13.3 Å². The van der Waals surface area contributed by atoms with Crippen LogP contribution in [0.1, 0.15) is 11.1 Å². The van der Waals surface area contributed by atoms with E-state index in [1.165, 1.54) is 22.4 Å². The minimum Gasteiger partial charge on any atom is -0.497 e. The molecule has 0 atom stereocenters. The van der Waals surface area contributed by atoms with Crippen molar-refractivity contribution in [3.63, 3.8) is 0 Å². The van der Waals surface area contributed by atoms with Crippen LogP contribution < -0.4 is 9.14 Å². The van der Waals surface area contributed by atoms with Gasteiger partial charge in [-0.25, -0.2) is 0 Å². The zero-order valence-electron chi connectivity index (χ0n) is 11.3. The van der Waals surface area contributed by atoms with Gasteiger partial charge in [-0.2, -0.15) is 4.40 Å². The number of hydrogen-bond donors (Lipinski definition) is 0. The number of ether oxygens (including phenoxy) is 1. The van der Waals surface area contributed by atoms with Gasteiger partial charge in [0.25, 0.3) is 0 Å². The Balaban J connectivity index is 2.05. The lowest BCUT2D eigenvalue weighted by atomic mass is 9.89. The van der Waals surface area contributed by atoms with Gasteiger partial charge < -0.3 is 4.74 Å². The van der Waals surface area contributed by atoms with Gasteiger partial charge in [0.1, 0.15) is 17.6 Å². The van der Waals surface area contributed by atoms with Gasteiger partial charge >= 0.3 is 5.65 Å². The number of nitrogens with zero attached hydrogens (tertiary/aromatic N) is 2. The number of hydrogen-bond acceptors (Lipinski definition) is 2.